The molecule has 1 unspecified atom stereocenters. The average Bonchev–Trinajstić information content (AvgIpc) is 2.72. The number of nitrogens with zero attached hydrogens (tertiary/aromatic N) is 1. The summed E-state index contributed by atoms with van der Waals surface area (Å²) in [7, 11) is 1.62. The van der Waals surface area contributed by atoms with Crippen molar-refractivity contribution in [1.82, 2.24) is 10.2 Å². The van der Waals surface area contributed by atoms with Crippen LogP contribution in [0.25, 0.3) is 0 Å². The second-order valence-corrected chi connectivity index (χ2v) is 4.65. The molecule has 2 rings (SSSR count). The van der Waals surface area contributed by atoms with E-state index in [-0.39, 0.29) is 17.9 Å². The maximum atomic E-state index is 12.1. The quantitative estimate of drug-likeness (QED) is 0.878. The van der Waals surface area contributed by atoms with Gasteiger partial charge in [0, 0.05) is 20.0 Å². The number of hydrogen-bond donors (Lipinski definition) is 1. The largest absolute Gasteiger partial charge is 0.497 e. The molecule has 0 saturated carbocycles. The first-order valence-electron chi connectivity index (χ1n) is 6.29. The van der Waals surface area contributed by atoms with Crippen LogP contribution < -0.4 is 10.1 Å². The third-order valence-corrected chi connectivity index (χ3v) is 3.21. The van der Waals surface area contributed by atoms with E-state index in [9.17, 15) is 9.59 Å². The summed E-state index contributed by atoms with van der Waals surface area (Å²) in [6, 6.07) is 7.27. The average molecular weight is 262 g/mol. The van der Waals surface area contributed by atoms with Gasteiger partial charge in [-0.05, 0) is 24.1 Å². The highest BCUT2D eigenvalue weighted by molar-refractivity contribution is 5.88. The number of ether oxygens (including phenoxy) is 1. The lowest BCUT2D eigenvalue weighted by molar-refractivity contribution is -0.132. The Labute approximate surface area is 112 Å². The van der Waals surface area contributed by atoms with E-state index >= 15 is 0 Å². The van der Waals surface area contributed by atoms with E-state index in [1.165, 1.54) is 6.92 Å². The lowest BCUT2D eigenvalue weighted by Gasteiger charge is -2.17. The van der Waals surface area contributed by atoms with Gasteiger partial charge >= 0.3 is 0 Å². The number of carbonyl (C=O) groups is 2. The second kappa shape index (κ2) is 5.73. The Bertz CT molecular complexity index is 470. The zero-order valence-electron chi connectivity index (χ0n) is 11.2. The predicted octanol–water partition coefficient (Wildman–Crippen LogP) is 0.932. The van der Waals surface area contributed by atoms with Crippen LogP contribution in [0.5, 0.6) is 5.75 Å². The number of benzene rings is 1. The van der Waals surface area contributed by atoms with E-state index in [4.69, 9.17) is 4.74 Å². The molecule has 1 heterocycles. The molecule has 2 amide bonds. The fourth-order valence-electron chi connectivity index (χ4n) is 2.23. The molecule has 5 heteroatoms. The zero-order chi connectivity index (χ0) is 13.8. The maximum absolute atomic E-state index is 12.1. The van der Waals surface area contributed by atoms with Crippen molar-refractivity contribution in [1.29, 1.82) is 0 Å². The van der Waals surface area contributed by atoms with Crippen LogP contribution in [0.2, 0.25) is 0 Å². The van der Waals surface area contributed by atoms with Gasteiger partial charge < -0.3 is 15.0 Å². The Morgan fingerprint density at radius 3 is 2.68 bits per heavy atom. The minimum Gasteiger partial charge on any atom is -0.497 e. The normalized spacial score (nSPS) is 18.5. The topological polar surface area (TPSA) is 58.6 Å². The van der Waals surface area contributed by atoms with Crippen molar-refractivity contribution in [3.8, 4) is 5.75 Å². The second-order valence-electron chi connectivity index (χ2n) is 4.65. The van der Waals surface area contributed by atoms with E-state index in [0.717, 1.165) is 11.3 Å². The summed E-state index contributed by atoms with van der Waals surface area (Å²) in [4.78, 5) is 24.8. The molecule has 5 nitrogen and oxygen atoms in total. The van der Waals surface area contributed by atoms with Crippen molar-refractivity contribution < 1.29 is 14.3 Å². The summed E-state index contributed by atoms with van der Waals surface area (Å²) in [6.07, 6.45) is 0.675. The minimum absolute atomic E-state index is 0.00832. The van der Waals surface area contributed by atoms with Crippen LogP contribution in [0.15, 0.2) is 24.3 Å². The SMILES string of the molecule is COc1ccc(CN2CCC(NC(C)=O)C2=O)cc1. The summed E-state index contributed by atoms with van der Waals surface area (Å²) in [5.41, 5.74) is 1.05. The number of methoxy groups -OCH3 is 1. The lowest BCUT2D eigenvalue weighted by Crippen LogP contribution is -2.40. The summed E-state index contributed by atoms with van der Waals surface area (Å²) in [6.45, 7) is 2.67. The molecule has 0 aliphatic carbocycles. The standard InChI is InChI=1S/C14H18N2O3/c1-10(17)15-13-7-8-16(14(13)18)9-11-3-5-12(19-2)6-4-11/h3-6,13H,7-9H2,1-2H3,(H,15,17). The Morgan fingerprint density at radius 2 is 2.11 bits per heavy atom. The Morgan fingerprint density at radius 1 is 1.42 bits per heavy atom. The van der Waals surface area contributed by atoms with Crippen LogP contribution in [0.4, 0.5) is 0 Å². The molecule has 1 N–H and O–H groups in total. The van der Waals surface area contributed by atoms with E-state index in [0.29, 0.717) is 19.5 Å². The van der Waals surface area contributed by atoms with Gasteiger partial charge in [-0.1, -0.05) is 12.1 Å². The van der Waals surface area contributed by atoms with E-state index in [1.807, 2.05) is 24.3 Å². The van der Waals surface area contributed by atoms with Gasteiger partial charge in [-0.15, -0.1) is 0 Å². The van der Waals surface area contributed by atoms with Gasteiger partial charge in [0.15, 0.2) is 0 Å². The predicted molar refractivity (Wildman–Crippen MR) is 70.6 cm³/mol. The van der Waals surface area contributed by atoms with Gasteiger partial charge in [0.05, 0.1) is 7.11 Å². The molecule has 1 atom stereocenters. The van der Waals surface area contributed by atoms with Gasteiger partial charge in [-0.3, -0.25) is 9.59 Å². The van der Waals surface area contributed by atoms with Crippen molar-refractivity contribution >= 4 is 11.8 Å². The van der Waals surface area contributed by atoms with Gasteiger partial charge in [0.1, 0.15) is 11.8 Å². The lowest BCUT2D eigenvalue weighted by atomic mass is 10.2. The van der Waals surface area contributed by atoms with Crippen LogP contribution in [0.1, 0.15) is 18.9 Å². The molecule has 0 aromatic heterocycles. The molecule has 102 valence electrons. The minimum atomic E-state index is -0.365. The van der Waals surface area contributed by atoms with Crippen molar-refractivity contribution in [3.63, 3.8) is 0 Å². The third kappa shape index (κ3) is 3.24. The van der Waals surface area contributed by atoms with Gasteiger partial charge in [0.2, 0.25) is 11.8 Å². The Kier molecular flexibility index (Phi) is 4.04. The highest BCUT2D eigenvalue weighted by Gasteiger charge is 2.31. The fourth-order valence-corrected chi connectivity index (χ4v) is 2.23. The van der Waals surface area contributed by atoms with Crippen LogP contribution in [0, 0.1) is 0 Å². The molecule has 1 saturated heterocycles. The van der Waals surface area contributed by atoms with E-state index in [1.54, 1.807) is 12.0 Å². The monoisotopic (exact) mass is 262 g/mol. The van der Waals surface area contributed by atoms with E-state index < -0.39 is 0 Å². The molecule has 0 bridgehead atoms. The zero-order valence-corrected chi connectivity index (χ0v) is 11.2. The molecule has 0 radical (unpaired) electrons. The van der Waals surface area contributed by atoms with Gasteiger partial charge in [-0.25, -0.2) is 0 Å². The molecular weight excluding hydrogens is 244 g/mol. The first-order valence-corrected chi connectivity index (χ1v) is 6.29. The first-order chi connectivity index (χ1) is 9.10. The molecule has 1 aromatic carbocycles. The number of rotatable bonds is 4. The molecule has 19 heavy (non-hydrogen) atoms. The number of nitrogens with one attached hydrogen (secondary N) is 1. The van der Waals surface area contributed by atoms with Crippen molar-refractivity contribution in [3.05, 3.63) is 29.8 Å². The van der Waals surface area contributed by atoms with E-state index in [2.05, 4.69) is 5.32 Å². The van der Waals surface area contributed by atoms with Crippen LogP contribution in [-0.2, 0) is 16.1 Å². The summed E-state index contributed by atoms with van der Waals surface area (Å²) >= 11 is 0. The van der Waals surface area contributed by atoms with Gasteiger partial charge in [-0.2, -0.15) is 0 Å². The molecule has 1 aromatic rings. The van der Waals surface area contributed by atoms with Crippen LogP contribution in [0.3, 0.4) is 0 Å². The summed E-state index contributed by atoms with van der Waals surface area (Å²) in [5, 5.41) is 2.68. The highest BCUT2D eigenvalue weighted by Crippen LogP contribution is 2.17. The van der Waals surface area contributed by atoms with Crippen LogP contribution in [-0.4, -0.2) is 36.4 Å². The Balaban J connectivity index is 1.96. The molecule has 1 fully saturated rings. The third-order valence-electron chi connectivity index (χ3n) is 3.21. The molecule has 1 aliphatic rings. The molecule has 1 aliphatic heterocycles. The summed E-state index contributed by atoms with van der Waals surface area (Å²) < 4.78 is 5.09. The van der Waals surface area contributed by atoms with Crippen molar-refractivity contribution in [2.75, 3.05) is 13.7 Å². The highest BCUT2D eigenvalue weighted by atomic mass is 16.5. The number of hydrogen-bond acceptors (Lipinski definition) is 3. The summed E-state index contributed by atoms with van der Waals surface area (Å²) in [5.74, 6) is 0.628. The number of carbonyl (C=O) groups excluding carboxylic acids is 2. The molecule has 0 spiro atoms. The fraction of sp³-hybridized carbons (Fsp3) is 0.429. The number of amides is 2. The van der Waals surface area contributed by atoms with Crippen molar-refractivity contribution in [2.24, 2.45) is 0 Å². The first kappa shape index (κ1) is 13.4. The van der Waals surface area contributed by atoms with Crippen LogP contribution >= 0.6 is 0 Å². The smallest absolute Gasteiger partial charge is 0.245 e. The van der Waals surface area contributed by atoms with Gasteiger partial charge in [0.25, 0.3) is 0 Å². The maximum Gasteiger partial charge on any atom is 0.245 e. The number of likely N-dealkylation sites (tertiary alicyclic amines) is 1. The van der Waals surface area contributed by atoms with Crippen molar-refractivity contribution in [2.45, 2.75) is 25.9 Å². The Hall–Kier alpha value is -2.04. The molecular formula is C14H18N2O3.